The number of Topliss-reactive ketones (excluding diaryl/α,β-unsaturated/α-hetero) is 1. The molecule has 1 rings (SSSR count). The Morgan fingerprint density at radius 3 is 2.74 bits per heavy atom. The van der Waals surface area contributed by atoms with Gasteiger partial charge in [-0.25, -0.2) is 4.39 Å². The van der Waals surface area contributed by atoms with Gasteiger partial charge >= 0.3 is 0 Å². The summed E-state index contributed by atoms with van der Waals surface area (Å²) in [5.41, 5.74) is 0.174. The molecule has 0 amide bonds. The number of rotatable bonds is 8. The van der Waals surface area contributed by atoms with Crippen LogP contribution in [0.1, 0.15) is 24.2 Å². The van der Waals surface area contributed by atoms with E-state index in [0.717, 1.165) is 6.54 Å². The first-order chi connectivity index (χ1) is 9.06. The molecule has 1 unspecified atom stereocenters. The Kier molecular flexibility index (Phi) is 6.67. The summed E-state index contributed by atoms with van der Waals surface area (Å²) in [7, 11) is 1.93. The van der Waals surface area contributed by atoms with Crippen LogP contribution in [-0.2, 0) is 4.74 Å². The van der Waals surface area contributed by atoms with E-state index in [1.807, 2.05) is 25.8 Å². The van der Waals surface area contributed by atoms with Gasteiger partial charge in [0.15, 0.2) is 5.78 Å². The first kappa shape index (κ1) is 15.8. The summed E-state index contributed by atoms with van der Waals surface area (Å²) in [4.78, 5) is 14.2. The smallest absolute Gasteiger partial charge is 0.169 e. The first-order valence-corrected chi connectivity index (χ1v) is 6.61. The predicted molar refractivity (Wildman–Crippen MR) is 73.9 cm³/mol. The van der Waals surface area contributed by atoms with Crippen molar-refractivity contribution in [3.05, 3.63) is 35.6 Å². The minimum atomic E-state index is -0.448. The van der Waals surface area contributed by atoms with Crippen LogP contribution in [0.3, 0.4) is 0 Å². The van der Waals surface area contributed by atoms with Gasteiger partial charge in [-0.2, -0.15) is 0 Å². The van der Waals surface area contributed by atoms with Crippen molar-refractivity contribution in [2.75, 3.05) is 33.4 Å². The van der Waals surface area contributed by atoms with Crippen molar-refractivity contribution in [3.63, 3.8) is 0 Å². The topological polar surface area (TPSA) is 29.5 Å². The number of ether oxygens (including phenoxy) is 1. The van der Waals surface area contributed by atoms with Crippen LogP contribution < -0.4 is 0 Å². The van der Waals surface area contributed by atoms with E-state index in [4.69, 9.17) is 4.74 Å². The maximum absolute atomic E-state index is 13.5. The van der Waals surface area contributed by atoms with Gasteiger partial charge in [-0.05, 0) is 26.1 Å². The molecule has 0 aliphatic heterocycles. The standard InChI is InChI=1S/C15H22FNO2/c1-4-19-10-9-17(3)11-12(2)15(18)13-7-5-6-8-14(13)16/h5-8,12H,4,9-11H2,1-3H3. The van der Waals surface area contributed by atoms with Gasteiger partial charge in [0.1, 0.15) is 5.82 Å². The molecule has 0 N–H and O–H groups in total. The Labute approximate surface area is 114 Å². The molecule has 0 saturated carbocycles. The molecule has 0 spiro atoms. The zero-order valence-electron chi connectivity index (χ0n) is 11.9. The largest absolute Gasteiger partial charge is 0.380 e. The Bertz CT molecular complexity index is 409. The molecule has 0 fully saturated rings. The molecule has 0 radical (unpaired) electrons. The van der Waals surface area contributed by atoms with Gasteiger partial charge < -0.3 is 9.64 Å². The summed E-state index contributed by atoms with van der Waals surface area (Å²) in [5.74, 6) is -0.832. The van der Waals surface area contributed by atoms with E-state index in [1.165, 1.54) is 12.1 Å². The lowest BCUT2D eigenvalue weighted by atomic mass is 9.98. The lowest BCUT2D eigenvalue weighted by molar-refractivity contribution is 0.0864. The van der Waals surface area contributed by atoms with Crippen molar-refractivity contribution >= 4 is 5.78 Å². The highest BCUT2D eigenvalue weighted by Gasteiger charge is 2.19. The predicted octanol–water partition coefficient (Wildman–Crippen LogP) is 2.61. The third-order valence-corrected chi connectivity index (χ3v) is 2.99. The number of carbonyl (C=O) groups is 1. The number of carbonyl (C=O) groups excluding carboxylic acids is 1. The quantitative estimate of drug-likeness (QED) is 0.535. The van der Waals surface area contributed by atoms with E-state index in [0.29, 0.717) is 19.8 Å². The van der Waals surface area contributed by atoms with E-state index in [1.54, 1.807) is 12.1 Å². The van der Waals surface area contributed by atoms with Gasteiger partial charge in [0.05, 0.1) is 12.2 Å². The molecule has 106 valence electrons. The monoisotopic (exact) mass is 267 g/mol. The Hall–Kier alpha value is -1.26. The summed E-state index contributed by atoms with van der Waals surface area (Å²) in [6.07, 6.45) is 0. The molecular formula is C15H22FNO2. The Balaban J connectivity index is 2.51. The average molecular weight is 267 g/mol. The van der Waals surface area contributed by atoms with Crippen molar-refractivity contribution in [2.24, 2.45) is 5.92 Å². The molecule has 1 aromatic rings. The van der Waals surface area contributed by atoms with Crippen LogP contribution in [0.15, 0.2) is 24.3 Å². The third-order valence-electron chi connectivity index (χ3n) is 2.99. The van der Waals surface area contributed by atoms with Crippen LogP contribution in [0.4, 0.5) is 4.39 Å². The zero-order chi connectivity index (χ0) is 14.3. The molecule has 19 heavy (non-hydrogen) atoms. The molecule has 0 heterocycles. The van der Waals surface area contributed by atoms with Crippen LogP contribution in [0.2, 0.25) is 0 Å². The molecule has 1 aromatic carbocycles. The van der Waals surface area contributed by atoms with Gasteiger partial charge in [-0.15, -0.1) is 0 Å². The molecule has 0 bridgehead atoms. The maximum atomic E-state index is 13.5. The molecule has 0 aromatic heterocycles. The minimum absolute atomic E-state index is 0.152. The van der Waals surface area contributed by atoms with E-state index in [9.17, 15) is 9.18 Å². The number of hydrogen-bond acceptors (Lipinski definition) is 3. The van der Waals surface area contributed by atoms with Crippen molar-refractivity contribution in [1.29, 1.82) is 0 Å². The molecule has 0 aliphatic carbocycles. The number of likely N-dealkylation sites (N-methyl/N-ethyl adjacent to an activating group) is 1. The summed E-state index contributed by atoms with van der Waals surface area (Å²) < 4.78 is 18.8. The van der Waals surface area contributed by atoms with Gasteiger partial charge in [-0.3, -0.25) is 4.79 Å². The second kappa shape index (κ2) is 8.02. The highest BCUT2D eigenvalue weighted by molar-refractivity contribution is 5.98. The van der Waals surface area contributed by atoms with Gasteiger partial charge in [0, 0.05) is 25.6 Å². The van der Waals surface area contributed by atoms with Gasteiger partial charge in [0.2, 0.25) is 0 Å². The number of benzene rings is 1. The third kappa shape index (κ3) is 5.09. The highest BCUT2D eigenvalue weighted by atomic mass is 19.1. The van der Waals surface area contributed by atoms with E-state index in [-0.39, 0.29) is 17.3 Å². The van der Waals surface area contributed by atoms with Crippen LogP contribution in [0, 0.1) is 11.7 Å². The number of halogens is 1. The second-order valence-corrected chi connectivity index (χ2v) is 4.70. The van der Waals surface area contributed by atoms with Crippen LogP contribution in [0.5, 0.6) is 0 Å². The van der Waals surface area contributed by atoms with Crippen molar-refractivity contribution < 1.29 is 13.9 Å². The fourth-order valence-corrected chi connectivity index (χ4v) is 1.93. The molecule has 0 aliphatic rings. The number of hydrogen-bond donors (Lipinski definition) is 0. The van der Waals surface area contributed by atoms with Gasteiger partial charge in [-0.1, -0.05) is 19.1 Å². The lowest BCUT2D eigenvalue weighted by Crippen LogP contribution is -2.31. The van der Waals surface area contributed by atoms with Crippen molar-refractivity contribution in [3.8, 4) is 0 Å². The number of ketones is 1. The van der Waals surface area contributed by atoms with Crippen molar-refractivity contribution in [1.82, 2.24) is 4.90 Å². The van der Waals surface area contributed by atoms with E-state index in [2.05, 4.69) is 0 Å². The molecule has 4 heteroatoms. The zero-order valence-corrected chi connectivity index (χ0v) is 11.9. The Morgan fingerprint density at radius 2 is 2.11 bits per heavy atom. The average Bonchev–Trinajstić information content (AvgIpc) is 2.38. The normalized spacial score (nSPS) is 12.7. The van der Waals surface area contributed by atoms with Crippen LogP contribution in [0.25, 0.3) is 0 Å². The molecule has 3 nitrogen and oxygen atoms in total. The summed E-state index contributed by atoms with van der Waals surface area (Å²) in [5, 5.41) is 0. The molecule has 0 saturated heterocycles. The second-order valence-electron chi connectivity index (χ2n) is 4.70. The SMILES string of the molecule is CCOCCN(C)CC(C)C(=O)c1ccccc1F. The molecular weight excluding hydrogens is 245 g/mol. The Morgan fingerprint density at radius 1 is 1.42 bits per heavy atom. The fraction of sp³-hybridized carbons (Fsp3) is 0.533. The van der Waals surface area contributed by atoms with Crippen LogP contribution >= 0.6 is 0 Å². The van der Waals surface area contributed by atoms with Gasteiger partial charge in [0.25, 0.3) is 0 Å². The molecule has 1 atom stereocenters. The lowest BCUT2D eigenvalue weighted by Gasteiger charge is -2.20. The van der Waals surface area contributed by atoms with E-state index >= 15 is 0 Å². The van der Waals surface area contributed by atoms with E-state index < -0.39 is 5.82 Å². The highest BCUT2D eigenvalue weighted by Crippen LogP contribution is 2.13. The number of nitrogens with zero attached hydrogens (tertiary/aromatic N) is 1. The summed E-state index contributed by atoms with van der Waals surface area (Å²) >= 11 is 0. The summed E-state index contributed by atoms with van der Waals surface area (Å²) in [6, 6.07) is 6.12. The maximum Gasteiger partial charge on any atom is 0.169 e. The minimum Gasteiger partial charge on any atom is -0.380 e. The first-order valence-electron chi connectivity index (χ1n) is 6.61. The summed E-state index contributed by atoms with van der Waals surface area (Å²) in [6.45, 7) is 6.48. The van der Waals surface area contributed by atoms with Crippen molar-refractivity contribution in [2.45, 2.75) is 13.8 Å². The van der Waals surface area contributed by atoms with Crippen LogP contribution in [-0.4, -0.2) is 44.0 Å². The fourth-order valence-electron chi connectivity index (χ4n) is 1.93.